The third-order valence-corrected chi connectivity index (χ3v) is 4.80. The number of aromatic nitrogens is 2. The summed E-state index contributed by atoms with van der Waals surface area (Å²) in [6.45, 7) is 7.51. The Hall–Kier alpha value is -3.99. The Morgan fingerprint density at radius 1 is 1.20 bits per heavy atom. The number of nitrogens with one attached hydrogen (secondary N) is 1. The smallest absolute Gasteiger partial charge is 0.269 e. The van der Waals surface area contributed by atoms with Gasteiger partial charge in [-0.1, -0.05) is 18.7 Å². The summed E-state index contributed by atoms with van der Waals surface area (Å²) in [6.07, 6.45) is 0.392. The summed E-state index contributed by atoms with van der Waals surface area (Å²) >= 11 is 0. The van der Waals surface area contributed by atoms with Crippen LogP contribution < -0.4 is 10.1 Å². The molecule has 0 radical (unpaired) electrons. The lowest BCUT2D eigenvalue weighted by Crippen LogP contribution is -2.18. The molecule has 0 bridgehead atoms. The number of halogens is 1. The highest BCUT2D eigenvalue weighted by Gasteiger charge is 2.30. The monoisotopic (exact) mass is 403 g/mol. The van der Waals surface area contributed by atoms with Crippen molar-refractivity contribution in [2.45, 2.75) is 13.0 Å². The van der Waals surface area contributed by atoms with E-state index in [2.05, 4.69) is 20.1 Å². The molecule has 0 fully saturated rings. The van der Waals surface area contributed by atoms with Crippen LogP contribution in [0.15, 0.2) is 42.5 Å². The van der Waals surface area contributed by atoms with Crippen LogP contribution in [0.25, 0.3) is 4.85 Å². The van der Waals surface area contributed by atoms with Crippen molar-refractivity contribution in [3.63, 3.8) is 0 Å². The van der Waals surface area contributed by atoms with Crippen LogP contribution in [0, 0.1) is 12.4 Å². The lowest BCUT2D eigenvalue weighted by molar-refractivity contribution is 0.0817. The highest BCUT2D eigenvalue weighted by atomic mass is 19.1. The van der Waals surface area contributed by atoms with Crippen molar-refractivity contribution in [3.8, 4) is 5.75 Å². The lowest BCUT2D eigenvalue weighted by Gasteiger charge is -2.15. The largest absolute Gasteiger partial charge is 0.492 e. The van der Waals surface area contributed by atoms with Crippen LogP contribution in [0.1, 0.15) is 27.4 Å². The summed E-state index contributed by atoms with van der Waals surface area (Å²) in [6, 6.07) is 11.5. The molecule has 1 aliphatic heterocycles. The van der Waals surface area contributed by atoms with E-state index >= 15 is 0 Å². The Balaban J connectivity index is 1.77. The summed E-state index contributed by atoms with van der Waals surface area (Å²) in [7, 11) is 3.10. The fourth-order valence-electron chi connectivity index (χ4n) is 3.46. The number of rotatable bonds is 5. The first kappa shape index (κ1) is 19.3. The van der Waals surface area contributed by atoms with Gasteiger partial charge in [0.1, 0.15) is 5.69 Å². The molecule has 0 aliphatic carbocycles. The van der Waals surface area contributed by atoms with Gasteiger partial charge in [-0.15, -0.1) is 4.98 Å². The Kier molecular flexibility index (Phi) is 5.02. The highest BCUT2D eigenvalue weighted by molar-refractivity contribution is 6.03. The number of anilines is 2. The van der Waals surface area contributed by atoms with Gasteiger partial charge in [0.2, 0.25) is 0 Å². The average molecular weight is 403 g/mol. The van der Waals surface area contributed by atoms with Crippen molar-refractivity contribution in [2.24, 2.45) is 0 Å². The highest BCUT2D eigenvalue weighted by Crippen LogP contribution is 2.35. The van der Waals surface area contributed by atoms with E-state index in [4.69, 9.17) is 11.3 Å². The molecular weight excluding hydrogens is 385 g/mol. The second kappa shape index (κ2) is 7.79. The third-order valence-electron chi connectivity index (χ3n) is 4.80. The molecule has 1 aliphatic rings. The van der Waals surface area contributed by atoms with E-state index in [0.29, 0.717) is 52.8 Å². The van der Waals surface area contributed by atoms with E-state index in [0.717, 1.165) is 0 Å². The molecule has 0 atom stereocenters. The van der Waals surface area contributed by atoms with Crippen LogP contribution in [0.2, 0.25) is 0 Å². The first-order valence-corrected chi connectivity index (χ1v) is 9.21. The van der Waals surface area contributed by atoms with Crippen LogP contribution in [0.4, 0.5) is 21.6 Å². The van der Waals surface area contributed by atoms with Gasteiger partial charge in [0, 0.05) is 7.05 Å². The van der Waals surface area contributed by atoms with Crippen molar-refractivity contribution < 1.29 is 13.9 Å². The van der Waals surface area contributed by atoms with E-state index in [1.807, 2.05) is 6.07 Å². The number of benzene rings is 1. The normalized spacial score (nSPS) is 12.5. The molecule has 0 unspecified atom stereocenters. The van der Waals surface area contributed by atoms with E-state index in [1.54, 1.807) is 42.3 Å². The van der Waals surface area contributed by atoms with E-state index in [1.165, 1.54) is 13.2 Å². The Labute approximate surface area is 173 Å². The number of amides is 1. The quantitative estimate of drug-likeness (QED) is 0.650. The second-order valence-electron chi connectivity index (χ2n) is 6.87. The van der Waals surface area contributed by atoms with Crippen molar-refractivity contribution >= 4 is 23.1 Å². The first-order valence-electron chi connectivity index (χ1n) is 9.21. The van der Waals surface area contributed by atoms with Crippen molar-refractivity contribution in [1.29, 1.82) is 0 Å². The summed E-state index contributed by atoms with van der Waals surface area (Å²) in [5, 5.41) is 3.14. The third kappa shape index (κ3) is 3.53. The van der Waals surface area contributed by atoms with E-state index in [-0.39, 0.29) is 11.7 Å². The van der Waals surface area contributed by atoms with Crippen molar-refractivity contribution in [2.75, 3.05) is 19.5 Å². The molecule has 4 rings (SSSR count). The number of methoxy groups -OCH3 is 1. The molecule has 3 heterocycles. The maximum atomic E-state index is 14.1. The zero-order valence-corrected chi connectivity index (χ0v) is 16.4. The second-order valence-corrected chi connectivity index (χ2v) is 6.87. The number of hydrogen-bond donors (Lipinski definition) is 1. The standard InChI is InChI=1S/C22H18FN5O2/c1-24-19-9-4-6-13(26-19)10-14-11-17(20-18(25-14)12-28(2)22(20)29)27-16-8-5-7-15(23)21(16)30-3/h4-9,11H,10,12H2,2-3H3,(H,25,27). The fourth-order valence-corrected chi connectivity index (χ4v) is 3.46. The van der Waals surface area contributed by atoms with Gasteiger partial charge >= 0.3 is 0 Å². The molecule has 1 aromatic carbocycles. The minimum atomic E-state index is -0.503. The number of carbonyl (C=O) groups is 1. The number of para-hydroxylation sites is 1. The zero-order chi connectivity index (χ0) is 21.3. The topological polar surface area (TPSA) is 71.7 Å². The summed E-state index contributed by atoms with van der Waals surface area (Å²) in [5.74, 6) is -0.284. The molecule has 8 heteroatoms. The summed E-state index contributed by atoms with van der Waals surface area (Å²) in [5.41, 5.74) is 3.41. The van der Waals surface area contributed by atoms with Gasteiger partial charge in [0.05, 0.1) is 48.4 Å². The number of fused-ring (bicyclic) bond motifs is 1. The lowest BCUT2D eigenvalue weighted by atomic mass is 10.1. The molecule has 150 valence electrons. The fraction of sp³-hybridized carbons (Fsp3) is 0.182. The zero-order valence-electron chi connectivity index (χ0n) is 16.4. The molecule has 30 heavy (non-hydrogen) atoms. The van der Waals surface area contributed by atoms with E-state index in [9.17, 15) is 9.18 Å². The molecule has 1 N–H and O–H groups in total. The maximum Gasteiger partial charge on any atom is 0.269 e. The number of pyridine rings is 2. The number of carbonyl (C=O) groups excluding carboxylic acids is 1. The molecular formula is C22H18FN5O2. The minimum absolute atomic E-state index is 0.0647. The Morgan fingerprint density at radius 2 is 2.00 bits per heavy atom. The van der Waals surface area contributed by atoms with Gasteiger partial charge in [-0.2, -0.15) is 0 Å². The van der Waals surface area contributed by atoms with Crippen LogP contribution in [0.3, 0.4) is 0 Å². The van der Waals surface area contributed by atoms with E-state index < -0.39 is 5.82 Å². The predicted octanol–water partition coefficient (Wildman–Crippen LogP) is 4.10. The van der Waals surface area contributed by atoms with Gasteiger partial charge in [-0.25, -0.2) is 4.39 Å². The summed E-state index contributed by atoms with van der Waals surface area (Å²) < 4.78 is 19.3. The first-order chi connectivity index (χ1) is 14.5. The number of hydrogen-bond acceptors (Lipinski definition) is 5. The predicted molar refractivity (Wildman–Crippen MR) is 110 cm³/mol. The van der Waals surface area contributed by atoms with Gasteiger partial charge < -0.3 is 19.8 Å². The Morgan fingerprint density at radius 3 is 2.77 bits per heavy atom. The van der Waals surface area contributed by atoms with Gasteiger partial charge in [0.15, 0.2) is 11.6 Å². The molecule has 0 saturated heterocycles. The maximum absolute atomic E-state index is 14.1. The van der Waals surface area contributed by atoms with Crippen LogP contribution >= 0.6 is 0 Å². The molecule has 0 saturated carbocycles. The molecule has 1 amide bonds. The SMILES string of the molecule is [C-]#[N+]c1cccc(Cc2cc(Nc3cccc(F)c3OC)c3c(n2)CN(C)C3=O)n1. The van der Waals surface area contributed by atoms with Crippen molar-refractivity contribution in [1.82, 2.24) is 14.9 Å². The minimum Gasteiger partial charge on any atom is -0.492 e. The molecule has 0 spiro atoms. The van der Waals surface area contributed by atoms with Crippen LogP contribution in [-0.2, 0) is 13.0 Å². The molecule has 7 nitrogen and oxygen atoms in total. The average Bonchev–Trinajstić information content (AvgIpc) is 3.02. The van der Waals surface area contributed by atoms with Crippen LogP contribution in [0.5, 0.6) is 5.75 Å². The molecule has 3 aromatic rings. The van der Waals surface area contributed by atoms with Gasteiger partial charge in [-0.05, 0) is 30.3 Å². The van der Waals surface area contributed by atoms with Gasteiger partial charge in [0.25, 0.3) is 11.7 Å². The number of ether oxygens (including phenoxy) is 1. The summed E-state index contributed by atoms with van der Waals surface area (Å²) in [4.78, 5) is 26.6. The molecule has 2 aromatic heterocycles. The van der Waals surface area contributed by atoms with Gasteiger partial charge in [-0.3, -0.25) is 9.78 Å². The Bertz CT molecular complexity index is 1190. The van der Waals surface area contributed by atoms with Crippen molar-refractivity contribution in [3.05, 3.63) is 82.3 Å². The van der Waals surface area contributed by atoms with Crippen LogP contribution in [-0.4, -0.2) is 34.9 Å². The number of nitrogens with zero attached hydrogens (tertiary/aromatic N) is 4.